The molecule has 0 saturated heterocycles. The smallest absolute Gasteiger partial charge is 0.152 e. The van der Waals surface area contributed by atoms with Crippen LogP contribution in [0.5, 0.6) is 5.75 Å². The number of aromatic nitrogens is 2. The lowest BCUT2D eigenvalue weighted by molar-refractivity contribution is 0.112. The van der Waals surface area contributed by atoms with E-state index in [0.29, 0.717) is 5.56 Å². The van der Waals surface area contributed by atoms with E-state index >= 15 is 0 Å². The first kappa shape index (κ1) is 13.2. The van der Waals surface area contributed by atoms with Crippen molar-refractivity contribution in [3.8, 4) is 5.75 Å². The number of nitrogens with one attached hydrogen (secondary N) is 2. The highest BCUT2D eigenvalue weighted by Crippen LogP contribution is 2.37. The molecule has 2 heterocycles. The van der Waals surface area contributed by atoms with E-state index in [1.165, 1.54) is 0 Å². The van der Waals surface area contributed by atoms with Crippen LogP contribution in [0, 0.1) is 0 Å². The predicted octanol–water partition coefficient (Wildman–Crippen LogP) is 4.78. The van der Waals surface area contributed by atoms with E-state index in [2.05, 4.69) is 16.0 Å². The van der Waals surface area contributed by atoms with Crippen molar-refractivity contribution in [2.45, 2.75) is 0 Å². The molecule has 0 unspecified atom stereocenters. The van der Waals surface area contributed by atoms with Crippen LogP contribution in [-0.4, -0.2) is 23.4 Å². The standard InChI is InChI=1S/C20H14N2O2/c1-24-11-6-7-17-13(8-11)14-9-18-19(15(10-23)20(14)22-17)12-4-2-3-5-16(12)21-18/h2-10,21-22H,1H3. The highest BCUT2D eigenvalue weighted by atomic mass is 16.5. The Hall–Kier alpha value is -3.27. The van der Waals surface area contributed by atoms with Gasteiger partial charge in [-0.25, -0.2) is 0 Å². The van der Waals surface area contributed by atoms with Crippen molar-refractivity contribution in [1.29, 1.82) is 0 Å². The molecule has 116 valence electrons. The number of rotatable bonds is 2. The van der Waals surface area contributed by atoms with Crippen LogP contribution < -0.4 is 4.74 Å². The fourth-order valence-electron chi connectivity index (χ4n) is 3.63. The second-order valence-corrected chi connectivity index (χ2v) is 5.96. The molecule has 0 aliphatic rings. The molecule has 0 bridgehead atoms. The van der Waals surface area contributed by atoms with Crippen molar-refractivity contribution in [2.75, 3.05) is 7.11 Å². The van der Waals surface area contributed by atoms with Crippen LogP contribution in [0.15, 0.2) is 48.5 Å². The van der Waals surface area contributed by atoms with Gasteiger partial charge in [0.05, 0.1) is 12.6 Å². The molecule has 3 aromatic carbocycles. The van der Waals surface area contributed by atoms with Gasteiger partial charge in [-0.1, -0.05) is 18.2 Å². The number of para-hydroxylation sites is 1. The summed E-state index contributed by atoms with van der Waals surface area (Å²) >= 11 is 0. The third-order valence-corrected chi connectivity index (χ3v) is 4.73. The highest BCUT2D eigenvalue weighted by Gasteiger charge is 2.16. The molecule has 0 fully saturated rings. The third kappa shape index (κ3) is 1.60. The zero-order chi connectivity index (χ0) is 16.3. The maximum Gasteiger partial charge on any atom is 0.152 e. The van der Waals surface area contributed by atoms with Crippen LogP contribution in [0.3, 0.4) is 0 Å². The van der Waals surface area contributed by atoms with E-state index < -0.39 is 0 Å². The number of fused-ring (bicyclic) bond motifs is 6. The van der Waals surface area contributed by atoms with Gasteiger partial charge < -0.3 is 14.7 Å². The van der Waals surface area contributed by atoms with E-state index in [1.807, 2.05) is 42.5 Å². The fraction of sp³-hybridized carbons (Fsp3) is 0.0500. The van der Waals surface area contributed by atoms with Gasteiger partial charge in [-0.05, 0) is 30.3 Å². The lowest BCUT2D eigenvalue weighted by Gasteiger charge is -2.00. The Labute approximate surface area is 137 Å². The number of H-pyrrole nitrogens is 2. The first-order valence-corrected chi connectivity index (χ1v) is 7.78. The van der Waals surface area contributed by atoms with Gasteiger partial charge in [0.1, 0.15) is 5.75 Å². The molecule has 0 amide bonds. The van der Waals surface area contributed by atoms with Gasteiger partial charge in [-0.3, -0.25) is 4.79 Å². The van der Waals surface area contributed by atoms with E-state index in [-0.39, 0.29) is 0 Å². The Kier molecular flexibility index (Phi) is 2.54. The summed E-state index contributed by atoms with van der Waals surface area (Å²) in [5, 5.41) is 4.09. The Morgan fingerprint density at radius 1 is 0.875 bits per heavy atom. The molecule has 0 aliphatic heterocycles. The lowest BCUT2D eigenvalue weighted by Crippen LogP contribution is -1.85. The highest BCUT2D eigenvalue weighted by molar-refractivity contribution is 6.24. The SMILES string of the molecule is COc1ccc2[nH]c3c(C=O)c4c(cc3c2c1)[nH]c1ccccc14. The molecule has 4 heteroatoms. The fourth-order valence-corrected chi connectivity index (χ4v) is 3.63. The second-order valence-electron chi connectivity index (χ2n) is 5.96. The first-order valence-electron chi connectivity index (χ1n) is 7.78. The average molecular weight is 314 g/mol. The van der Waals surface area contributed by atoms with Gasteiger partial charge in [-0.2, -0.15) is 0 Å². The Bertz CT molecular complexity index is 1260. The minimum atomic E-state index is 0.690. The molecule has 0 saturated carbocycles. The zero-order valence-electron chi connectivity index (χ0n) is 13.0. The summed E-state index contributed by atoms with van der Waals surface area (Å²) in [7, 11) is 1.66. The summed E-state index contributed by atoms with van der Waals surface area (Å²) in [6.45, 7) is 0. The van der Waals surface area contributed by atoms with Crippen LogP contribution in [0.2, 0.25) is 0 Å². The summed E-state index contributed by atoms with van der Waals surface area (Å²) < 4.78 is 5.34. The molecular formula is C20H14N2O2. The Morgan fingerprint density at radius 3 is 2.54 bits per heavy atom. The van der Waals surface area contributed by atoms with Gasteiger partial charge >= 0.3 is 0 Å². The van der Waals surface area contributed by atoms with Crippen LogP contribution in [0.4, 0.5) is 0 Å². The average Bonchev–Trinajstić information content (AvgIpc) is 3.17. The van der Waals surface area contributed by atoms with Crippen molar-refractivity contribution in [1.82, 2.24) is 9.97 Å². The number of carbonyl (C=O) groups is 1. The van der Waals surface area contributed by atoms with Gasteiger partial charge in [-0.15, -0.1) is 0 Å². The number of methoxy groups -OCH3 is 1. The number of hydrogen-bond acceptors (Lipinski definition) is 2. The number of carbonyl (C=O) groups excluding carboxylic acids is 1. The van der Waals surface area contributed by atoms with Gasteiger partial charge in [0.25, 0.3) is 0 Å². The molecule has 0 aliphatic carbocycles. The van der Waals surface area contributed by atoms with Crippen molar-refractivity contribution >= 4 is 49.9 Å². The van der Waals surface area contributed by atoms with Crippen LogP contribution in [0.1, 0.15) is 10.4 Å². The molecule has 5 aromatic rings. The van der Waals surface area contributed by atoms with Gasteiger partial charge in [0, 0.05) is 43.7 Å². The number of ether oxygens (including phenoxy) is 1. The molecule has 2 aromatic heterocycles. The Balaban J connectivity index is 2.04. The largest absolute Gasteiger partial charge is 0.497 e. The van der Waals surface area contributed by atoms with Crippen molar-refractivity contribution in [3.05, 3.63) is 54.1 Å². The maximum atomic E-state index is 11.9. The van der Waals surface area contributed by atoms with Crippen LogP contribution >= 0.6 is 0 Å². The minimum absolute atomic E-state index is 0.690. The topological polar surface area (TPSA) is 57.9 Å². The van der Waals surface area contributed by atoms with Crippen molar-refractivity contribution in [3.63, 3.8) is 0 Å². The molecule has 4 nitrogen and oxygen atoms in total. The molecule has 5 rings (SSSR count). The maximum absolute atomic E-state index is 11.9. The number of benzene rings is 3. The second kappa shape index (κ2) is 4.61. The van der Waals surface area contributed by atoms with E-state index in [0.717, 1.165) is 55.6 Å². The molecular weight excluding hydrogens is 300 g/mol. The normalized spacial score (nSPS) is 11.7. The van der Waals surface area contributed by atoms with E-state index in [9.17, 15) is 4.79 Å². The molecule has 0 radical (unpaired) electrons. The van der Waals surface area contributed by atoms with E-state index in [1.54, 1.807) is 7.11 Å². The van der Waals surface area contributed by atoms with E-state index in [4.69, 9.17) is 4.74 Å². The van der Waals surface area contributed by atoms with Crippen molar-refractivity contribution in [2.24, 2.45) is 0 Å². The van der Waals surface area contributed by atoms with Crippen LogP contribution in [0.25, 0.3) is 43.6 Å². The number of hydrogen-bond donors (Lipinski definition) is 2. The summed E-state index contributed by atoms with van der Waals surface area (Å²) in [5.41, 5.74) is 4.55. The summed E-state index contributed by atoms with van der Waals surface area (Å²) in [5.74, 6) is 0.799. The van der Waals surface area contributed by atoms with Crippen molar-refractivity contribution < 1.29 is 9.53 Å². The molecule has 0 spiro atoms. The van der Waals surface area contributed by atoms with Gasteiger partial charge in [0.2, 0.25) is 0 Å². The third-order valence-electron chi connectivity index (χ3n) is 4.73. The lowest BCUT2D eigenvalue weighted by atomic mass is 10.0. The zero-order valence-corrected chi connectivity index (χ0v) is 13.0. The molecule has 0 atom stereocenters. The first-order chi connectivity index (χ1) is 11.8. The quantitative estimate of drug-likeness (QED) is 0.461. The minimum Gasteiger partial charge on any atom is -0.497 e. The predicted molar refractivity (Wildman–Crippen MR) is 97.1 cm³/mol. The summed E-state index contributed by atoms with van der Waals surface area (Å²) in [6, 6.07) is 16.1. The molecule has 2 N–H and O–H groups in total. The van der Waals surface area contributed by atoms with Crippen LogP contribution in [-0.2, 0) is 0 Å². The Morgan fingerprint density at radius 2 is 1.71 bits per heavy atom. The summed E-state index contributed by atoms with van der Waals surface area (Å²) in [6.07, 6.45) is 0.942. The number of aromatic amines is 2. The molecule has 24 heavy (non-hydrogen) atoms. The summed E-state index contributed by atoms with van der Waals surface area (Å²) in [4.78, 5) is 18.7. The van der Waals surface area contributed by atoms with Gasteiger partial charge in [0.15, 0.2) is 6.29 Å². The number of aldehydes is 1. The monoisotopic (exact) mass is 314 g/mol.